The molecular formula is C15H7ClF6N4O2. The molecular weight excluding hydrogens is 418 g/mol. The van der Waals surface area contributed by atoms with Gasteiger partial charge in [0, 0.05) is 23.7 Å². The normalized spacial score (nSPS) is 12.4. The summed E-state index contributed by atoms with van der Waals surface area (Å²) < 4.78 is 80.7. The van der Waals surface area contributed by atoms with Gasteiger partial charge in [-0.25, -0.2) is 4.98 Å². The summed E-state index contributed by atoms with van der Waals surface area (Å²) in [6.07, 6.45) is -9.05. The number of halogens is 7. The Balaban J connectivity index is 2.08. The summed E-state index contributed by atoms with van der Waals surface area (Å²) in [4.78, 5) is 21.0. The Labute approximate surface area is 156 Å². The second-order valence-corrected chi connectivity index (χ2v) is 5.83. The second-order valence-electron chi connectivity index (χ2n) is 5.42. The van der Waals surface area contributed by atoms with E-state index in [1.807, 2.05) is 0 Å². The van der Waals surface area contributed by atoms with Crippen LogP contribution >= 0.6 is 11.6 Å². The predicted molar refractivity (Wildman–Crippen MR) is 82.4 cm³/mol. The molecule has 0 radical (unpaired) electrons. The summed E-state index contributed by atoms with van der Waals surface area (Å²) in [6.45, 7) is 0. The molecule has 148 valence electrons. The van der Waals surface area contributed by atoms with Gasteiger partial charge in [0.25, 0.3) is 5.56 Å². The molecule has 13 heteroatoms. The lowest BCUT2D eigenvalue weighted by Gasteiger charge is -2.10. The van der Waals surface area contributed by atoms with Gasteiger partial charge in [-0.3, -0.25) is 4.79 Å². The number of hydrogen-bond acceptors (Lipinski definition) is 5. The fourth-order valence-corrected chi connectivity index (χ4v) is 2.45. The number of hydrogen-bond donors (Lipinski definition) is 1. The van der Waals surface area contributed by atoms with Gasteiger partial charge in [-0.15, -0.1) is 0 Å². The lowest BCUT2D eigenvalue weighted by Crippen LogP contribution is -2.16. The maximum atomic E-state index is 12.9. The number of pyridine rings is 2. The van der Waals surface area contributed by atoms with E-state index in [-0.39, 0.29) is 21.8 Å². The summed E-state index contributed by atoms with van der Waals surface area (Å²) >= 11 is 5.87. The van der Waals surface area contributed by atoms with Crippen molar-refractivity contribution in [2.75, 3.05) is 0 Å². The summed E-state index contributed by atoms with van der Waals surface area (Å²) in [5, 5.41) is 3.02. The van der Waals surface area contributed by atoms with E-state index < -0.39 is 41.7 Å². The molecule has 3 aromatic rings. The number of rotatable bonds is 3. The Hall–Kier alpha value is -2.89. The highest BCUT2D eigenvalue weighted by atomic mass is 35.5. The highest BCUT2D eigenvalue weighted by molar-refractivity contribution is 6.31. The molecule has 6 nitrogen and oxygen atoms in total. The molecule has 0 fully saturated rings. The minimum Gasteiger partial charge on any atom is -0.329 e. The zero-order chi connectivity index (χ0) is 20.7. The van der Waals surface area contributed by atoms with Crippen LogP contribution in [-0.4, -0.2) is 20.1 Å². The van der Waals surface area contributed by atoms with Crippen LogP contribution in [0.15, 0.2) is 33.7 Å². The van der Waals surface area contributed by atoms with E-state index >= 15 is 0 Å². The van der Waals surface area contributed by atoms with Crippen LogP contribution in [0.5, 0.6) is 0 Å². The highest BCUT2D eigenvalue weighted by Crippen LogP contribution is 2.32. The maximum absolute atomic E-state index is 12.9. The van der Waals surface area contributed by atoms with Crippen molar-refractivity contribution in [3.05, 3.63) is 62.6 Å². The summed E-state index contributed by atoms with van der Waals surface area (Å²) in [7, 11) is 0. The number of nitrogens with zero attached hydrogens (tertiary/aromatic N) is 3. The number of aromatic nitrogens is 4. The number of aromatic amines is 1. The number of H-pyrrole nitrogens is 1. The number of nitrogens with one attached hydrogen (secondary N) is 1. The Kier molecular flexibility index (Phi) is 4.91. The van der Waals surface area contributed by atoms with Gasteiger partial charge in [0.15, 0.2) is 0 Å². The highest BCUT2D eigenvalue weighted by Gasteiger charge is 2.39. The smallest absolute Gasteiger partial charge is 0.329 e. The van der Waals surface area contributed by atoms with Gasteiger partial charge in [-0.05, 0) is 18.2 Å². The molecule has 0 saturated carbocycles. The van der Waals surface area contributed by atoms with E-state index in [0.717, 1.165) is 12.3 Å². The Morgan fingerprint density at radius 1 is 1.04 bits per heavy atom. The van der Waals surface area contributed by atoms with Gasteiger partial charge >= 0.3 is 18.2 Å². The lowest BCUT2D eigenvalue weighted by atomic mass is 10.0. The molecule has 3 aromatic heterocycles. The van der Waals surface area contributed by atoms with Crippen molar-refractivity contribution in [1.82, 2.24) is 20.1 Å². The van der Waals surface area contributed by atoms with Crippen molar-refractivity contribution in [1.29, 1.82) is 0 Å². The minimum absolute atomic E-state index is 0.161. The van der Waals surface area contributed by atoms with Crippen LogP contribution in [0.25, 0.3) is 11.4 Å². The van der Waals surface area contributed by atoms with Crippen LogP contribution in [0.2, 0.25) is 5.02 Å². The van der Waals surface area contributed by atoms with Crippen molar-refractivity contribution in [3.8, 4) is 11.4 Å². The van der Waals surface area contributed by atoms with Crippen molar-refractivity contribution in [3.63, 3.8) is 0 Å². The molecule has 28 heavy (non-hydrogen) atoms. The van der Waals surface area contributed by atoms with Gasteiger partial charge < -0.3 is 9.51 Å². The first kappa shape index (κ1) is 19.9. The molecule has 0 unspecified atom stereocenters. The van der Waals surface area contributed by atoms with Crippen LogP contribution in [-0.2, 0) is 18.8 Å². The summed E-state index contributed by atoms with van der Waals surface area (Å²) in [5.41, 5.74) is -2.72. The van der Waals surface area contributed by atoms with Gasteiger partial charge in [0.1, 0.15) is 5.69 Å². The minimum atomic E-state index is -4.90. The van der Waals surface area contributed by atoms with E-state index in [0.29, 0.717) is 6.07 Å². The molecule has 0 spiro atoms. The Morgan fingerprint density at radius 2 is 1.75 bits per heavy atom. The maximum Gasteiger partial charge on any atom is 0.471 e. The van der Waals surface area contributed by atoms with Crippen molar-refractivity contribution in [2.45, 2.75) is 18.8 Å². The molecule has 0 saturated heterocycles. The van der Waals surface area contributed by atoms with Gasteiger partial charge in [-0.2, -0.15) is 31.3 Å². The van der Waals surface area contributed by atoms with Gasteiger partial charge in [-0.1, -0.05) is 16.8 Å². The molecule has 0 aromatic carbocycles. The van der Waals surface area contributed by atoms with Crippen molar-refractivity contribution in [2.24, 2.45) is 0 Å². The second kappa shape index (κ2) is 6.93. The van der Waals surface area contributed by atoms with Crippen LogP contribution in [0.1, 0.15) is 22.8 Å². The van der Waals surface area contributed by atoms with Crippen LogP contribution in [0.4, 0.5) is 26.3 Å². The third-order valence-electron chi connectivity index (χ3n) is 3.53. The molecule has 0 aliphatic carbocycles. The lowest BCUT2D eigenvalue weighted by molar-refractivity contribution is -0.159. The monoisotopic (exact) mass is 424 g/mol. The standard InChI is InChI=1S/C15H7ClF6N4O2/c16-8-1-2-10(14(17,18)19)24-9(8)5-7-6(3-4-23-12(7)27)11-25-13(28-26-11)15(20,21)22/h1-4H,5H2,(H,23,27). The molecule has 1 N–H and O–H groups in total. The van der Waals surface area contributed by atoms with Gasteiger partial charge in [0.05, 0.1) is 10.7 Å². The quantitative estimate of drug-likeness (QED) is 0.640. The van der Waals surface area contributed by atoms with E-state index in [1.165, 1.54) is 6.07 Å². The van der Waals surface area contributed by atoms with E-state index in [9.17, 15) is 31.1 Å². The van der Waals surface area contributed by atoms with Crippen LogP contribution in [0.3, 0.4) is 0 Å². The third-order valence-corrected chi connectivity index (χ3v) is 3.87. The summed E-state index contributed by atoms with van der Waals surface area (Å²) in [5.74, 6) is -2.19. The van der Waals surface area contributed by atoms with Crippen LogP contribution in [0, 0.1) is 0 Å². The molecule has 3 heterocycles. The topological polar surface area (TPSA) is 84.7 Å². The Morgan fingerprint density at radius 3 is 2.36 bits per heavy atom. The molecule has 0 aliphatic heterocycles. The summed E-state index contributed by atoms with van der Waals surface area (Å²) in [6, 6.07) is 2.81. The number of alkyl halides is 6. The molecule has 0 atom stereocenters. The van der Waals surface area contributed by atoms with E-state index in [1.54, 1.807) is 0 Å². The molecule has 0 aliphatic rings. The molecule has 0 amide bonds. The zero-order valence-corrected chi connectivity index (χ0v) is 14.1. The van der Waals surface area contributed by atoms with Crippen molar-refractivity contribution < 1.29 is 30.9 Å². The molecule has 3 rings (SSSR count). The predicted octanol–water partition coefficient (Wildman–Crippen LogP) is 4.10. The van der Waals surface area contributed by atoms with E-state index in [2.05, 4.69) is 24.6 Å². The largest absolute Gasteiger partial charge is 0.471 e. The first-order chi connectivity index (χ1) is 13.0. The zero-order valence-electron chi connectivity index (χ0n) is 13.3. The van der Waals surface area contributed by atoms with E-state index in [4.69, 9.17) is 11.6 Å². The average molecular weight is 425 g/mol. The SMILES string of the molecule is O=c1[nH]ccc(-c2noc(C(F)(F)F)n2)c1Cc1nc(C(F)(F)F)ccc1Cl. The average Bonchev–Trinajstić information content (AvgIpc) is 3.07. The fourth-order valence-electron chi connectivity index (χ4n) is 2.28. The fraction of sp³-hybridized carbons (Fsp3) is 0.200. The van der Waals surface area contributed by atoms with Gasteiger partial charge in [0.2, 0.25) is 5.82 Å². The third kappa shape index (κ3) is 4.01. The molecule has 0 bridgehead atoms. The Bertz CT molecular complexity index is 1070. The first-order valence-corrected chi connectivity index (χ1v) is 7.69. The first-order valence-electron chi connectivity index (χ1n) is 7.31. The van der Waals surface area contributed by atoms with Crippen molar-refractivity contribution >= 4 is 11.6 Å². The van der Waals surface area contributed by atoms with Crippen LogP contribution < -0.4 is 5.56 Å².